The molecule has 6 heteroatoms. The third-order valence-electron chi connectivity index (χ3n) is 5.74. The van der Waals surface area contributed by atoms with Crippen LogP contribution in [0.25, 0.3) is 33.8 Å². The predicted octanol–water partition coefficient (Wildman–Crippen LogP) is 5.68. The molecule has 0 saturated carbocycles. The molecular weight excluding hydrogens is 412 g/mol. The SMILES string of the molecule is CC/C(=C(/c1ccc(/C=C/C(=O)O)cc1)c1ccc2[nH]ncc2c1)c1ccc2nccn2c1. The van der Waals surface area contributed by atoms with Gasteiger partial charge in [-0.25, -0.2) is 9.78 Å². The fraction of sp³-hybridized carbons (Fsp3) is 0.0741. The number of hydrogen-bond donors (Lipinski definition) is 2. The largest absolute Gasteiger partial charge is 0.478 e. The van der Waals surface area contributed by atoms with Crippen molar-refractivity contribution in [2.24, 2.45) is 0 Å². The first kappa shape index (κ1) is 20.5. The smallest absolute Gasteiger partial charge is 0.328 e. The van der Waals surface area contributed by atoms with E-state index in [1.165, 1.54) is 5.57 Å². The van der Waals surface area contributed by atoms with Crippen LogP contribution in [-0.2, 0) is 4.79 Å². The number of imidazole rings is 1. The van der Waals surface area contributed by atoms with E-state index in [-0.39, 0.29) is 0 Å². The monoisotopic (exact) mass is 434 g/mol. The molecule has 0 radical (unpaired) electrons. The molecule has 0 atom stereocenters. The highest BCUT2D eigenvalue weighted by Crippen LogP contribution is 2.35. The van der Waals surface area contributed by atoms with Crippen LogP contribution >= 0.6 is 0 Å². The third-order valence-corrected chi connectivity index (χ3v) is 5.74. The Kier molecular flexibility index (Phi) is 5.32. The van der Waals surface area contributed by atoms with Crippen LogP contribution in [0.1, 0.15) is 35.6 Å². The van der Waals surface area contributed by atoms with Crippen molar-refractivity contribution in [2.75, 3.05) is 0 Å². The topological polar surface area (TPSA) is 83.3 Å². The van der Waals surface area contributed by atoms with Crippen LogP contribution in [0.3, 0.4) is 0 Å². The van der Waals surface area contributed by atoms with Crippen molar-refractivity contribution in [3.8, 4) is 0 Å². The van der Waals surface area contributed by atoms with Crippen LogP contribution in [0.15, 0.2) is 85.5 Å². The van der Waals surface area contributed by atoms with E-state index in [1.807, 2.05) is 53.2 Å². The highest BCUT2D eigenvalue weighted by atomic mass is 16.4. The maximum atomic E-state index is 10.9. The molecule has 5 rings (SSSR count). The van der Waals surface area contributed by atoms with E-state index in [0.717, 1.165) is 56.9 Å². The molecule has 0 saturated heterocycles. The standard InChI is InChI=1S/C27H22N4O2/c1-2-23(21-9-11-25-28-13-14-31(25)17-21)27(20-8-10-24-22(15-20)16-29-30-24)19-6-3-18(4-7-19)5-12-26(32)33/h3-17H,2H2,1H3,(H,29,30)(H,32,33)/b12-5+,27-23+. The average Bonchev–Trinajstić information content (AvgIpc) is 3.50. The van der Waals surface area contributed by atoms with Gasteiger partial charge >= 0.3 is 5.97 Å². The van der Waals surface area contributed by atoms with Gasteiger partial charge in [-0.1, -0.05) is 37.3 Å². The first-order valence-electron chi connectivity index (χ1n) is 10.7. The number of fused-ring (bicyclic) bond motifs is 2. The molecule has 0 bridgehead atoms. The summed E-state index contributed by atoms with van der Waals surface area (Å²) >= 11 is 0. The van der Waals surface area contributed by atoms with Gasteiger partial charge in [0, 0.05) is 30.1 Å². The number of nitrogens with one attached hydrogen (secondary N) is 1. The van der Waals surface area contributed by atoms with Crippen molar-refractivity contribution < 1.29 is 9.90 Å². The Morgan fingerprint density at radius 2 is 1.85 bits per heavy atom. The van der Waals surface area contributed by atoms with Crippen LogP contribution < -0.4 is 0 Å². The molecular formula is C27H22N4O2. The summed E-state index contributed by atoms with van der Waals surface area (Å²) in [6, 6.07) is 18.4. The number of aromatic nitrogens is 4. The number of carboxylic acids is 1. The number of nitrogens with zero attached hydrogens (tertiary/aromatic N) is 3. The lowest BCUT2D eigenvalue weighted by atomic mass is 9.88. The quantitative estimate of drug-likeness (QED) is 0.337. The molecule has 0 amide bonds. The van der Waals surface area contributed by atoms with Gasteiger partial charge in [0.15, 0.2) is 0 Å². The number of carboxylic acid groups (broad SMARTS) is 1. The number of H-pyrrole nitrogens is 1. The van der Waals surface area contributed by atoms with E-state index >= 15 is 0 Å². The summed E-state index contributed by atoms with van der Waals surface area (Å²) in [6.45, 7) is 2.16. The van der Waals surface area contributed by atoms with Crippen molar-refractivity contribution in [3.63, 3.8) is 0 Å². The van der Waals surface area contributed by atoms with Gasteiger partial charge in [0.05, 0.1) is 11.7 Å². The molecule has 3 aromatic heterocycles. The van der Waals surface area contributed by atoms with E-state index in [0.29, 0.717) is 0 Å². The van der Waals surface area contributed by atoms with Crippen molar-refractivity contribution in [1.29, 1.82) is 0 Å². The summed E-state index contributed by atoms with van der Waals surface area (Å²) in [5, 5.41) is 17.1. The molecule has 2 N–H and O–H groups in total. The minimum atomic E-state index is -0.962. The van der Waals surface area contributed by atoms with Gasteiger partial charge in [-0.3, -0.25) is 5.10 Å². The number of rotatable bonds is 6. The molecule has 0 fully saturated rings. The lowest BCUT2D eigenvalue weighted by Crippen LogP contribution is -1.97. The average molecular weight is 434 g/mol. The number of aromatic amines is 1. The maximum absolute atomic E-state index is 10.9. The number of pyridine rings is 1. The fourth-order valence-electron chi connectivity index (χ4n) is 4.17. The van der Waals surface area contributed by atoms with Gasteiger partial charge < -0.3 is 9.51 Å². The highest BCUT2D eigenvalue weighted by Gasteiger charge is 2.15. The molecule has 33 heavy (non-hydrogen) atoms. The lowest BCUT2D eigenvalue weighted by Gasteiger charge is -2.17. The van der Waals surface area contributed by atoms with E-state index in [2.05, 4.69) is 46.5 Å². The molecule has 0 aliphatic rings. The van der Waals surface area contributed by atoms with E-state index in [9.17, 15) is 4.79 Å². The Morgan fingerprint density at radius 1 is 1.06 bits per heavy atom. The summed E-state index contributed by atoms with van der Waals surface area (Å²) in [5.41, 5.74) is 8.36. The lowest BCUT2D eigenvalue weighted by molar-refractivity contribution is -0.131. The first-order valence-corrected chi connectivity index (χ1v) is 10.7. The Labute approximate surface area is 190 Å². The second-order valence-electron chi connectivity index (χ2n) is 7.78. The predicted molar refractivity (Wildman–Crippen MR) is 131 cm³/mol. The van der Waals surface area contributed by atoms with E-state index in [4.69, 9.17) is 5.11 Å². The second kappa shape index (κ2) is 8.59. The van der Waals surface area contributed by atoms with Crippen molar-refractivity contribution in [3.05, 3.63) is 108 Å². The van der Waals surface area contributed by atoms with Gasteiger partial charge in [0.1, 0.15) is 5.65 Å². The Bertz CT molecular complexity index is 1520. The van der Waals surface area contributed by atoms with Crippen molar-refractivity contribution in [2.45, 2.75) is 13.3 Å². The molecule has 3 heterocycles. The number of carbonyl (C=O) groups is 1. The van der Waals surface area contributed by atoms with Crippen LogP contribution in [0.2, 0.25) is 0 Å². The van der Waals surface area contributed by atoms with Crippen LogP contribution in [-0.4, -0.2) is 30.7 Å². The fourth-order valence-corrected chi connectivity index (χ4v) is 4.17. The first-order chi connectivity index (χ1) is 16.1. The summed E-state index contributed by atoms with van der Waals surface area (Å²) in [5.74, 6) is -0.962. The Hall–Kier alpha value is -4.45. The van der Waals surface area contributed by atoms with Crippen LogP contribution in [0.5, 0.6) is 0 Å². The maximum Gasteiger partial charge on any atom is 0.328 e. The third kappa shape index (κ3) is 4.06. The molecule has 0 aliphatic carbocycles. The van der Waals surface area contributed by atoms with Crippen molar-refractivity contribution in [1.82, 2.24) is 19.6 Å². The van der Waals surface area contributed by atoms with E-state index in [1.54, 1.807) is 12.3 Å². The summed E-state index contributed by atoms with van der Waals surface area (Å²) < 4.78 is 2.03. The zero-order chi connectivity index (χ0) is 22.8. The number of hydrogen-bond acceptors (Lipinski definition) is 3. The Balaban J connectivity index is 1.71. The number of benzene rings is 2. The van der Waals surface area contributed by atoms with Crippen molar-refractivity contribution >= 4 is 39.7 Å². The van der Waals surface area contributed by atoms with Gasteiger partial charge in [-0.2, -0.15) is 5.10 Å². The molecule has 2 aromatic carbocycles. The Morgan fingerprint density at radius 3 is 2.64 bits per heavy atom. The van der Waals surface area contributed by atoms with Gasteiger partial charge in [0.2, 0.25) is 0 Å². The summed E-state index contributed by atoms with van der Waals surface area (Å²) in [6.07, 6.45) is 11.3. The van der Waals surface area contributed by atoms with E-state index < -0.39 is 5.97 Å². The number of aliphatic carboxylic acids is 1. The highest BCUT2D eigenvalue weighted by molar-refractivity contribution is 6.00. The van der Waals surface area contributed by atoms with Crippen LogP contribution in [0, 0.1) is 0 Å². The number of allylic oxidation sites excluding steroid dienone is 1. The summed E-state index contributed by atoms with van der Waals surface area (Å²) in [7, 11) is 0. The second-order valence-corrected chi connectivity index (χ2v) is 7.78. The molecule has 6 nitrogen and oxygen atoms in total. The van der Waals surface area contributed by atoms with Gasteiger partial charge in [-0.05, 0) is 70.2 Å². The van der Waals surface area contributed by atoms with Crippen LogP contribution in [0.4, 0.5) is 0 Å². The van der Waals surface area contributed by atoms with Gasteiger partial charge in [-0.15, -0.1) is 0 Å². The summed E-state index contributed by atoms with van der Waals surface area (Å²) in [4.78, 5) is 15.2. The molecule has 0 unspecified atom stereocenters. The minimum Gasteiger partial charge on any atom is -0.478 e. The molecule has 0 aliphatic heterocycles. The molecule has 162 valence electrons. The van der Waals surface area contributed by atoms with Gasteiger partial charge in [0.25, 0.3) is 0 Å². The zero-order valence-electron chi connectivity index (χ0n) is 18.1. The molecule has 5 aromatic rings. The normalized spacial score (nSPS) is 12.5. The molecule has 0 spiro atoms. The minimum absolute atomic E-state index is 0.833. The zero-order valence-corrected chi connectivity index (χ0v) is 18.1.